The maximum Gasteiger partial charge on any atom is 0.411 e. The molecule has 2 aliphatic rings. The first-order chi connectivity index (χ1) is 9.73. The average Bonchev–Trinajstić information content (AvgIpc) is 2.74. The first-order valence-corrected chi connectivity index (χ1v) is 7.18. The van der Waals surface area contributed by atoms with Crippen LogP contribution in [0.25, 0.3) is 0 Å². The highest BCUT2D eigenvalue weighted by Gasteiger charge is 2.49. The van der Waals surface area contributed by atoms with Gasteiger partial charge in [0.15, 0.2) is 0 Å². The number of carbonyl (C=O) groups is 2. The molecule has 1 amide bonds. The molecule has 1 N–H and O–H groups in total. The summed E-state index contributed by atoms with van der Waals surface area (Å²) in [6, 6.07) is -0.890. The van der Waals surface area contributed by atoms with Crippen LogP contribution in [0.15, 0.2) is 12.2 Å². The summed E-state index contributed by atoms with van der Waals surface area (Å²) in [7, 11) is 1.31. The van der Waals surface area contributed by atoms with Gasteiger partial charge in [-0.1, -0.05) is 12.2 Å². The van der Waals surface area contributed by atoms with Crippen molar-refractivity contribution in [2.24, 2.45) is 5.92 Å². The zero-order chi connectivity index (χ0) is 15.8. The second kappa shape index (κ2) is 5.67. The Morgan fingerprint density at radius 2 is 1.90 bits per heavy atom. The Morgan fingerprint density at radius 3 is 2.48 bits per heavy atom. The van der Waals surface area contributed by atoms with Crippen molar-refractivity contribution in [3.8, 4) is 0 Å². The first kappa shape index (κ1) is 15.8. The maximum absolute atomic E-state index is 12.4. The van der Waals surface area contributed by atoms with E-state index in [9.17, 15) is 14.7 Å². The van der Waals surface area contributed by atoms with Gasteiger partial charge < -0.3 is 14.6 Å². The van der Waals surface area contributed by atoms with E-state index < -0.39 is 29.8 Å². The Labute approximate surface area is 124 Å². The van der Waals surface area contributed by atoms with Crippen LogP contribution in [0.5, 0.6) is 0 Å². The van der Waals surface area contributed by atoms with Gasteiger partial charge in [-0.05, 0) is 33.6 Å². The molecule has 0 bridgehead atoms. The van der Waals surface area contributed by atoms with Crippen molar-refractivity contribution >= 4 is 12.1 Å². The minimum absolute atomic E-state index is 0.0463. The number of methoxy groups -OCH3 is 1. The molecule has 21 heavy (non-hydrogen) atoms. The maximum atomic E-state index is 12.4. The lowest BCUT2D eigenvalue weighted by molar-refractivity contribution is -0.146. The van der Waals surface area contributed by atoms with Crippen molar-refractivity contribution in [1.82, 2.24) is 4.90 Å². The van der Waals surface area contributed by atoms with Gasteiger partial charge in [-0.25, -0.2) is 9.59 Å². The number of hydrogen-bond acceptors (Lipinski definition) is 5. The predicted molar refractivity (Wildman–Crippen MR) is 75.5 cm³/mol. The second-order valence-electron chi connectivity index (χ2n) is 6.58. The molecule has 1 heterocycles. The van der Waals surface area contributed by atoms with E-state index in [2.05, 4.69) is 0 Å². The number of carbonyl (C=O) groups excluding carboxylic acids is 2. The van der Waals surface area contributed by atoms with E-state index in [-0.39, 0.29) is 12.0 Å². The molecule has 0 unspecified atom stereocenters. The number of aliphatic hydroxyl groups is 1. The van der Waals surface area contributed by atoms with Gasteiger partial charge in [-0.15, -0.1) is 0 Å². The number of amides is 1. The Morgan fingerprint density at radius 1 is 1.24 bits per heavy atom. The third-order valence-corrected chi connectivity index (χ3v) is 3.82. The normalized spacial score (nSPS) is 31.8. The SMILES string of the molecule is COC(=O)[C@@H]1C[C@H]2C=C[C@@H](O)C[C@H]2N1C(=O)OC(C)(C)C. The van der Waals surface area contributed by atoms with Crippen LogP contribution in [0.4, 0.5) is 4.79 Å². The van der Waals surface area contributed by atoms with Crippen LogP contribution >= 0.6 is 0 Å². The van der Waals surface area contributed by atoms with Crippen molar-refractivity contribution in [3.05, 3.63) is 12.2 Å². The molecule has 6 heteroatoms. The molecule has 118 valence electrons. The molecule has 0 spiro atoms. The molecule has 1 aliphatic carbocycles. The minimum atomic E-state index is -0.658. The minimum Gasteiger partial charge on any atom is -0.467 e. The van der Waals surface area contributed by atoms with Crippen LogP contribution in [0.3, 0.4) is 0 Å². The summed E-state index contributed by atoms with van der Waals surface area (Å²) < 4.78 is 10.2. The third-order valence-electron chi connectivity index (χ3n) is 3.82. The molecule has 2 rings (SSSR count). The standard InChI is InChI=1S/C15H23NO5/c1-15(2,3)21-14(19)16-11-8-10(17)6-5-9(11)7-12(16)13(18)20-4/h5-6,9-12,17H,7-8H2,1-4H3/t9-,10-,11-,12+/m1/s1. The molecule has 6 nitrogen and oxygen atoms in total. The average molecular weight is 297 g/mol. The third kappa shape index (κ3) is 3.37. The highest BCUT2D eigenvalue weighted by Crippen LogP contribution is 2.38. The van der Waals surface area contributed by atoms with Crippen molar-refractivity contribution < 1.29 is 24.2 Å². The van der Waals surface area contributed by atoms with E-state index in [1.54, 1.807) is 26.8 Å². The number of rotatable bonds is 1. The topological polar surface area (TPSA) is 76.1 Å². The summed E-state index contributed by atoms with van der Waals surface area (Å²) in [5, 5.41) is 9.79. The molecule has 0 radical (unpaired) electrons. The van der Waals surface area contributed by atoms with E-state index in [0.29, 0.717) is 12.8 Å². The summed E-state index contributed by atoms with van der Waals surface area (Å²) in [5.41, 5.74) is -0.640. The van der Waals surface area contributed by atoms with Crippen LogP contribution in [0, 0.1) is 5.92 Å². The van der Waals surface area contributed by atoms with Crippen LogP contribution in [0.1, 0.15) is 33.6 Å². The predicted octanol–water partition coefficient (Wildman–Crippen LogP) is 1.47. The van der Waals surface area contributed by atoms with Gasteiger partial charge in [0.2, 0.25) is 0 Å². The molecule has 1 aliphatic heterocycles. The summed E-state index contributed by atoms with van der Waals surface area (Å²) >= 11 is 0. The van der Waals surface area contributed by atoms with Crippen LogP contribution in [-0.2, 0) is 14.3 Å². The van der Waals surface area contributed by atoms with Crippen molar-refractivity contribution in [3.63, 3.8) is 0 Å². The van der Waals surface area contributed by atoms with Crippen molar-refractivity contribution in [2.45, 2.75) is 57.4 Å². The fourth-order valence-electron chi connectivity index (χ4n) is 2.98. The monoisotopic (exact) mass is 297 g/mol. The molecule has 4 atom stereocenters. The lowest BCUT2D eigenvalue weighted by atomic mass is 9.89. The smallest absolute Gasteiger partial charge is 0.411 e. The second-order valence-corrected chi connectivity index (χ2v) is 6.58. The number of nitrogens with zero attached hydrogens (tertiary/aromatic N) is 1. The van der Waals surface area contributed by atoms with Crippen LogP contribution < -0.4 is 0 Å². The van der Waals surface area contributed by atoms with E-state index >= 15 is 0 Å². The lowest BCUT2D eigenvalue weighted by Gasteiger charge is -2.34. The van der Waals surface area contributed by atoms with Gasteiger partial charge in [0.25, 0.3) is 0 Å². The largest absolute Gasteiger partial charge is 0.467 e. The quantitative estimate of drug-likeness (QED) is 0.586. The van der Waals surface area contributed by atoms with Crippen LogP contribution in [0.2, 0.25) is 0 Å². The highest BCUT2D eigenvalue weighted by molar-refractivity contribution is 5.82. The summed E-state index contributed by atoms with van der Waals surface area (Å²) in [4.78, 5) is 25.8. The molecular formula is C15H23NO5. The summed E-state index contributed by atoms with van der Waals surface area (Å²) in [6.07, 6.45) is 3.36. The fraction of sp³-hybridized carbons (Fsp3) is 0.733. The molecular weight excluding hydrogens is 274 g/mol. The molecule has 1 fully saturated rings. The number of fused-ring (bicyclic) bond motifs is 1. The van der Waals surface area contributed by atoms with Gasteiger partial charge in [0, 0.05) is 12.0 Å². The van der Waals surface area contributed by atoms with E-state index in [0.717, 1.165) is 0 Å². The Kier molecular flexibility index (Phi) is 4.27. The van der Waals surface area contributed by atoms with Gasteiger partial charge in [0.05, 0.1) is 13.2 Å². The zero-order valence-corrected chi connectivity index (χ0v) is 12.9. The Bertz CT molecular complexity index is 453. The molecule has 0 aromatic rings. The Hall–Kier alpha value is -1.56. The molecule has 1 saturated heterocycles. The number of aliphatic hydroxyl groups excluding tert-OH is 1. The van der Waals surface area contributed by atoms with E-state index in [1.165, 1.54) is 12.0 Å². The first-order valence-electron chi connectivity index (χ1n) is 7.18. The zero-order valence-electron chi connectivity index (χ0n) is 12.9. The van der Waals surface area contributed by atoms with Gasteiger partial charge in [0.1, 0.15) is 11.6 Å². The van der Waals surface area contributed by atoms with Gasteiger partial charge >= 0.3 is 12.1 Å². The molecule has 0 saturated carbocycles. The number of esters is 1. The molecule has 0 aromatic carbocycles. The van der Waals surface area contributed by atoms with Crippen molar-refractivity contribution in [2.75, 3.05) is 7.11 Å². The van der Waals surface area contributed by atoms with Gasteiger partial charge in [-0.3, -0.25) is 4.90 Å². The fourth-order valence-corrected chi connectivity index (χ4v) is 2.98. The summed E-state index contributed by atoms with van der Waals surface area (Å²) in [6.45, 7) is 5.34. The Balaban J connectivity index is 2.25. The number of hydrogen-bond donors (Lipinski definition) is 1. The molecule has 0 aromatic heterocycles. The lowest BCUT2D eigenvalue weighted by Crippen LogP contribution is -2.49. The summed E-state index contributed by atoms with van der Waals surface area (Å²) in [5.74, 6) is -0.400. The van der Waals surface area contributed by atoms with Gasteiger partial charge in [-0.2, -0.15) is 0 Å². The number of ether oxygens (including phenoxy) is 2. The highest BCUT2D eigenvalue weighted by atomic mass is 16.6. The number of likely N-dealkylation sites (tertiary alicyclic amines) is 1. The van der Waals surface area contributed by atoms with E-state index in [4.69, 9.17) is 9.47 Å². The van der Waals surface area contributed by atoms with Crippen molar-refractivity contribution in [1.29, 1.82) is 0 Å². The van der Waals surface area contributed by atoms with Crippen LogP contribution in [-0.4, -0.2) is 53.0 Å². The van der Waals surface area contributed by atoms with E-state index in [1.807, 2.05) is 6.08 Å².